The van der Waals surface area contributed by atoms with E-state index in [-0.39, 0.29) is 11.6 Å². The predicted octanol–water partition coefficient (Wildman–Crippen LogP) is 4.01. The Bertz CT molecular complexity index is 1360. The Morgan fingerprint density at radius 1 is 1.03 bits per heavy atom. The summed E-state index contributed by atoms with van der Waals surface area (Å²) in [4.78, 5) is 27.3. The summed E-state index contributed by atoms with van der Waals surface area (Å²) in [6.45, 7) is 1.45. The molecule has 0 spiro atoms. The Hall–Kier alpha value is -3.60. The number of ether oxygens (including phenoxy) is 2. The summed E-state index contributed by atoms with van der Waals surface area (Å²) in [5, 5.41) is 3.06. The summed E-state index contributed by atoms with van der Waals surface area (Å²) in [5.41, 5.74) is 0.967. The van der Waals surface area contributed by atoms with Gasteiger partial charge < -0.3 is 19.7 Å². The van der Waals surface area contributed by atoms with Crippen molar-refractivity contribution in [1.82, 2.24) is 4.90 Å². The number of hydrogen-bond acceptors (Lipinski definition) is 6. The van der Waals surface area contributed by atoms with E-state index in [0.29, 0.717) is 54.1 Å². The Labute approximate surface area is 220 Å². The van der Waals surface area contributed by atoms with E-state index >= 15 is 0 Å². The van der Waals surface area contributed by atoms with Crippen LogP contribution < -0.4 is 14.4 Å². The quantitative estimate of drug-likeness (QED) is 0.460. The zero-order valence-electron chi connectivity index (χ0n) is 20.1. The molecule has 0 unspecified atom stereocenters. The molecule has 3 aromatic rings. The Morgan fingerprint density at radius 2 is 1.70 bits per heavy atom. The number of para-hydroxylation sites is 1. The van der Waals surface area contributed by atoms with E-state index in [9.17, 15) is 18.0 Å². The molecule has 11 heteroatoms. The molecule has 0 saturated carbocycles. The van der Waals surface area contributed by atoms with Crippen LogP contribution in [-0.2, 0) is 19.6 Å². The molecule has 4 rings (SSSR count). The number of hydrogen-bond donors (Lipinski definition) is 1. The fourth-order valence-electron chi connectivity index (χ4n) is 3.74. The lowest BCUT2D eigenvalue weighted by molar-refractivity contribution is -0.114. The van der Waals surface area contributed by atoms with Gasteiger partial charge in [0.15, 0.2) is 5.75 Å². The van der Waals surface area contributed by atoms with Gasteiger partial charge in [-0.25, -0.2) is 8.42 Å². The lowest BCUT2D eigenvalue weighted by atomic mass is 10.1. The van der Waals surface area contributed by atoms with E-state index in [1.807, 2.05) is 18.2 Å². The van der Waals surface area contributed by atoms with Gasteiger partial charge in [-0.05, 0) is 54.6 Å². The van der Waals surface area contributed by atoms with Gasteiger partial charge in [0.05, 0.1) is 30.8 Å². The van der Waals surface area contributed by atoms with Crippen LogP contribution in [0.3, 0.4) is 0 Å². The number of halogens is 1. The van der Waals surface area contributed by atoms with Crippen LogP contribution in [0.25, 0.3) is 0 Å². The lowest BCUT2D eigenvalue weighted by Crippen LogP contribution is -2.40. The molecule has 1 aliphatic heterocycles. The van der Waals surface area contributed by atoms with Crippen LogP contribution in [0.1, 0.15) is 10.4 Å². The predicted molar refractivity (Wildman–Crippen MR) is 142 cm³/mol. The van der Waals surface area contributed by atoms with Crippen molar-refractivity contribution in [3.8, 4) is 11.5 Å². The minimum Gasteiger partial charge on any atom is -0.455 e. The highest BCUT2D eigenvalue weighted by Crippen LogP contribution is 2.32. The molecule has 3 aromatic carbocycles. The second kappa shape index (κ2) is 11.6. The standard InChI is InChI=1S/C26H26ClN3O6S/c1-37(33,34)30(21-10-7-19(8-11-21)26(32)29-13-15-35-16-14-29)18-25(31)28-23-17-20(27)9-12-24(23)36-22-5-3-2-4-6-22/h2-12,17H,13-16,18H2,1H3,(H,28,31). The molecule has 2 amide bonds. The van der Waals surface area contributed by atoms with Gasteiger partial charge in [0, 0.05) is 23.7 Å². The molecule has 1 N–H and O–H groups in total. The Kier molecular flexibility index (Phi) is 8.32. The van der Waals surface area contributed by atoms with Gasteiger partial charge in [0.25, 0.3) is 5.91 Å². The average Bonchev–Trinajstić information content (AvgIpc) is 2.89. The van der Waals surface area contributed by atoms with Crippen LogP contribution in [0.4, 0.5) is 11.4 Å². The van der Waals surface area contributed by atoms with Gasteiger partial charge in [-0.1, -0.05) is 29.8 Å². The van der Waals surface area contributed by atoms with Crippen LogP contribution in [0, 0.1) is 0 Å². The summed E-state index contributed by atoms with van der Waals surface area (Å²) >= 11 is 6.12. The van der Waals surface area contributed by atoms with E-state index in [4.69, 9.17) is 21.1 Å². The molecule has 1 heterocycles. The molecule has 9 nitrogen and oxygen atoms in total. The number of benzene rings is 3. The first-order chi connectivity index (χ1) is 17.7. The molecule has 0 aromatic heterocycles. The SMILES string of the molecule is CS(=O)(=O)N(CC(=O)Nc1cc(Cl)ccc1Oc1ccccc1)c1ccc(C(=O)N2CCOCC2)cc1. The number of sulfonamides is 1. The van der Waals surface area contributed by atoms with Gasteiger partial charge in [-0.3, -0.25) is 13.9 Å². The lowest BCUT2D eigenvalue weighted by Gasteiger charge is -2.27. The number of anilines is 2. The van der Waals surface area contributed by atoms with E-state index in [1.54, 1.807) is 41.3 Å². The van der Waals surface area contributed by atoms with E-state index < -0.39 is 22.5 Å². The fraction of sp³-hybridized carbons (Fsp3) is 0.231. The normalized spacial score (nSPS) is 13.6. The van der Waals surface area contributed by atoms with Crippen LogP contribution in [0.2, 0.25) is 5.02 Å². The van der Waals surface area contributed by atoms with E-state index in [2.05, 4.69) is 5.32 Å². The summed E-state index contributed by atoms with van der Waals surface area (Å²) in [7, 11) is -3.82. The smallest absolute Gasteiger partial charge is 0.254 e. The molecule has 37 heavy (non-hydrogen) atoms. The molecule has 194 valence electrons. The number of amides is 2. The van der Waals surface area contributed by atoms with Crippen molar-refractivity contribution >= 4 is 44.8 Å². The summed E-state index contributed by atoms with van der Waals surface area (Å²) in [5.74, 6) is 0.148. The summed E-state index contributed by atoms with van der Waals surface area (Å²) in [6.07, 6.45) is 1.01. The molecule has 1 saturated heterocycles. The van der Waals surface area contributed by atoms with Crippen LogP contribution in [0.15, 0.2) is 72.8 Å². The number of nitrogens with zero attached hydrogens (tertiary/aromatic N) is 2. The first-order valence-electron chi connectivity index (χ1n) is 11.5. The minimum absolute atomic E-state index is 0.162. The van der Waals surface area contributed by atoms with Crippen LogP contribution >= 0.6 is 11.6 Å². The molecule has 0 aliphatic carbocycles. The molecule has 0 radical (unpaired) electrons. The number of nitrogens with one attached hydrogen (secondary N) is 1. The highest BCUT2D eigenvalue weighted by Gasteiger charge is 2.23. The number of carbonyl (C=O) groups is 2. The maximum absolute atomic E-state index is 13.0. The van der Waals surface area contributed by atoms with Crippen molar-refractivity contribution in [3.05, 3.63) is 83.4 Å². The second-order valence-corrected chi connectivity index (χ2v) is 10.7. The largest absolute Gasteiger partial charge is 0.455 e. The van der Waals surface area contributed by atoms with Crippen LogP contribution in [0.5, 0.6) is 11.5 Å². The third-order valence-corrected chi connectivity index (χ3v) is 6.95. The van der Waals surface area contributed by atoms with Crippen molar-refractivity contribution in [2.24, 2.45) is 0 Å². The van der Waals surface area contributed by atoms with E-state index in [0.717, 1.165) is 10.6 Å². The zero-order valence-corrected chi connectivity index (χ0v) is 21.7. The fourth-order valence-corrected chi connectivity index (χ4v) is 4.77. The zero-order chi connectivity index (χ0) is 26.4. The molecule has 0 atom stereocenters. The molecular weight excluding hydrogens is 518 g/mol. The van der Waals surface area contributed by atoms with Crippen molar-refractivity contribution in [1.29, 1.82) is 0 Å². The molecular formula is C26H26ClN3O6S. The number of morpholine rings is 1. The monoisotopic (exact) mass is 543 g/mol. The molecule has 1 fully saturated rings. The van der Waals surface area contributed by atoms with E-state index in [1.165, 1.54) is 18.2 Å². The van der Waals surface area contributed by atoms with Gasteiger partial charge in [-0.2, -0.15) is 0 Å². The number of rotatable bonds is 8. The topological polar surface area (TPSA) is 105 Å². The van der Waals surface area contributed by atoms with Crippen molar-refractivity contribution in [3.63, 3.8) is 0 Å². The highest BCUT2D eigenvalue weighted by atomic mass is 35.5. The third kappa shape index (κ3) is 7.00. The van der Waals surface area contributed by atoms with Gasteiger partial charge in [0.2, 0.25) is 15.9 Å². The summed E-state index contributed by atoms with van der Waals surface area (Å²) < 4.78 is 37.2. The maximum atomic E-state index is 13.0. The Morgan fingerprint density at radius 3 is 2.35 bits per heavy atom. The van der Waals surface area contributed by atoms with Gasteiger partial charge in [-0.15, -0.1) is 0 Å². The van der Waals surface area contributed by atoms with Crippen LogP contribution in [-0.4, -0.2) is 64.2 Å². The second-order valence-electron chi connectivity index (χ2n) is 8.32. The average molecular weight is 544 g/mol. The first kappa shape index (κ1) is 26.5. The van der Waals surface area contributed by atoms with Gasteiger partial charge >= 0.3 is 0 Å². The van der Waals surface area contributed by atoms with Crippen molar-refractivity contribution in [2.45, 2.75) is 0 Å². The number of carbonyl (C=O) groups excluding carboxylic acids is 2. The summed E-state index contributed by atoms with van der Waals surface area (Å²) in [6, 6.07) is 19.9. The highest BCUT2D eigenvalue weighted by molar-refractivity contribution is 7.92. The Balaban J connectivity index is 1.50. The third-order valence-electron chi connectivity index (χ3n) is 5.57. The van der Waals surface area contributed by atoms with Gasteiger partial charge in [0.1, 0.15) is 12.3 Å². The minimum atomic E-state index is -3.82. The maximum Gasteiger partial charge on any atom is 0.254 e. The molecule has 0 bridgehead atoms. The molecule has 1 aliphatic rings. The first-order valence-corrected chi connectivity index (χ1v) is 13.7. The van der Waals surface area contributed by atoms with Crippen molar-refractivity contribution < 1.29 is 27.5 Å². The van der Waals surface area contributed by atoms with Crippen molar-refractivity contribution in [2.75, 3.05) is 48.7 Å².